The number of carbonyl (C=O) groups is 2. The van der Waals surface area contributed by atoms with E-state index in [-0.39, 0.29) is 23.7 Å². The van der Waals surface area contributed by atoms with Crippen LogP contribution in [0.2, 0.25) is 0 Å². The number of aromatic nitrogens is 4. The minimum absolute atomic E-state index is 0.0702. The van der Waals surface area contributed by atoms with Crippen LogP contribution in [-0.2, 0) is 6.54 Å². The zero-order valence-electron chi connectivity index (χ0n) is 19.8. The zero-order chi connectivity index (χ0) is 25.1. The van der Waals surface area contributed by atoms with Gasteiger partial charge in [0.25, 0.3) is 11.8 Å². The van der Waals surface area contributed by atoms with Gasteiger partial charge in [0.15, 0.2) is 5.82 Å². The maximum atomic E-state index is 13.4. The van der Waals surface area contributed by atoms with Crippen molar-refractivity contribution < 1.29 is 14.0 Å². The van der Waals surface area contributed by atoms with Gasteiger partial charge in [0.05, 0.1) is 23.8 Å². The van der Waals surface area contributed by atoms with Crippen molar-refractivity contribution in [3.63, 3.8) is 0 Å². The average molecular weight is 485 g/mol. The van der Waals surface area contributed by atoms with Crippen LogP contribution in [0.4, 0.5) is 10.1 Å². The lowest BCUT2D eigenvalue weighted by Gasteiger charge is -2.24. The van der Waals surface area contributed by atoms with Crippen LogP contribution in [0.25, 0.3) is 0 Å². The average Bonchev–Trinajstić information content (AvgIpc) is 3.57. The van der Waals surface area contributed by atoms with Crippen molar-refractivity contribution >= 4 is 17.5 Å². The van der Waals surface area contributed by atoms with Crippen LogP contribution in [0.3, 0.4) is 0 Å². The molecule has 1 atom stereocenters. The maximum absolute atomic E-state index is 13.4. The third-order valence-corrected chi connectivity index (χ3v) is 6.23. The van der Waals surface area contributed by atoms with Gasteiger partial charge in [-0.05, 0) is 67.8 Å². The molecule has 0 bridgehead atoms. The fourth-order valence-corrected chi connectivity index (χ4v) is 4.43. The molecule has 1 aliphatic heterocycles. The Morgan fingerprint density at radius 2 is 1.97 bits per heavy atom. The molecule has 0 spiro atoms. The van der Waals surface area contributed by atoms with Gasteiger partial charge >= 0.3 is 0 Å². The Bertz CT molecular complexity index is 1390. The molecule has 3 heterocycles. The van der Waals surface area contributed by atoms with Gasteiger partial charge in [-0.1, -0.05) is 12.1 Å². The van der Waals surface area contributed by atoms with Gasteiger partial charge in [0, 0.05) is 36.4 Å². The van der Waals surface area contributed by atoms with Gasteiger partial charge in [-0.25, -0.2) is 14.4 Å². The van der Waals surface area contributed by atoms with Crippen molar-refractivity contribution in [1.82, 2.24) is 24.6 Å². The summed E-state index contributed by atoms with van der Waals surface area (Å²) in [4.78, 5) is 37.0. The first-order chi connectivity index (χ1) is 17.5. The van der Waals surface area contributed by atoms with E-state index < -0.39 is 0 Å². The molecule has 0 radical (unpaired) electrons. The van der Waals surface area contributed by atoms with Gasteiger partial charge in [-0.15, -0.1) is 0 Å². The molecule has 1 saturated heterocycles. The molecule has 1 N–H and O–H groups in total. The summed E-state index contributed by atoms with van der Waals surface area (Å²) in [5.41, 5.74) is 2.92. The van der Waals surface area contributed by atoms with E-state index in [0.717, 1.165) is 18.4 Å². The number of aryl methyl sites for hydroxylation is 1. The third kappa shape index (κ3) is 5.00. The van der Waals surface area contributed by atoms with E-state index >= 15 is 0 Å². The molecule has 2 aromatic heterocycles. The lowest BCUT2D eigenvalue weighted by Crippen LogP contribution is -2.32. The molecule has 0 saturated carbocycles. The SMILES string of the molecule is Cc1nc([C@@H]2CCCN2C(=O)c2cccc(Cn3cccn3)c2)ncc1C(=O)Nc1ccc(F)cc1. The number of amides is 2. The monoisotopic (exact) mass is 484 g/mol. The smallest absolute Gasteiger partial charge is 0.259 e. The van der Waals surface area contributed by atoms with Gasteiger partial charge < -0.3 is 10.2 Å². The summed E-state index contributed by atoms with van der Waals surface area (Å²) in [6.45, 7) is 2.94. The van der Waals surface area contributed by atoms with E-state index in [1.165, 1.54) is 30.5 Å². The fraction of sp³-hybridized carbons (Fsp3) is 0.222. The van der Waals surface area contributed by atoms with Gasteiger partial charge in [0.1, 0.15) is 5.82 Å². The normalized spacial score (nSPS) is 15.2. The Hall–Kier alpha value is -4.40. The van der Waals surface area contributed by atoms with Gasteiger partial charge in [0.2, 0.25) is 0 Å². The zero-order valence-corrected chi connectivity index (χ0v) is 19.8. The first-order valence-corrected chi connectivity index (χ1v) is 11.8. The Kier molecular flexibility index (Phi) is 6.53. The molecule has 0 aliphatic carbocycles. The van der Waals surface area contributed by atoms with E-state index in [2.05, 4.69) is 20.4 Å². The first kappa shape index (κ1) is 23.3. The standard InChI is InChI=1S/C27H25FN6O2/c1-18-23(26(35)32-22-10-8-21(28)9-11-22)16-29-25(31-18)24-7-3-14-34(24)27(36)20-6-2-5-19(15-20)17-33-13-4-12-30-33/h2,4-6,8-13,15-16,24H,3,7,14,17H2,1H3,(H,32,35)/t24-/m0/s1. The predicted octanol–water partition coefficient (Wildman–Crippen LogP) is 4.40. The number of rotatable bonds is 6. The minimum atomic E-state index is -0.378. The van der Waals surface area contributed by atoms with E-state index in [1.807, 2.05) is 41.2 Å². The number of likely N-dealkylation sites (tertiary alicyclic amines) is 1. The molecule has 36 heavy (non-hydrogen) atoms. The molecule has 1 aliphatic rings. The van der Waals surface area contributed by atoms with Crippen molar-refractivity contribution in [1.29, 1.82) is 0 Å². The summed E-state index contributed by atoms with van der Waals surface area (Å²) >= 11 is 0. The number of hydrogen-bond donors (Lipinski definition) is 1. The number of nitrogens with one attached hydrogen (secondary N) is 1. The number of benzene rings is 2. The highest BCUT2D eigenvalue weighted by atomic mass is 19.1. The molecule has 5 rings (SSSR count). The maximum Gasteiger partial charge on any atom is 0.259 e. The Balaban J connectivity index is 1.32. The van der Waals surface area contributed by atoms with E-state index in [0.29, 0.717) is 41.4 Å². The summed E-state index contributed by atoms with van der Waals surface area (Å²) in [7, 11) is 0. The van der Waals surface area contributed by atoms with Crippen LogP contribution in [-0.4, -0.2) is 43.0 Å². The number of carbonyl (C=O) groups excluding carboxylic acids is 2. The minimum Gasteiger partial charge on any atom is -0.328 e. The topological polar surface area (TPSA) is 93.0 Å². The van der Waals surface area contributed by atoms with E-state index in [9.17, 15) is 14.0 Å². The summed E-state index contributed by atoms with van der Waals surface area (Å²) in [5, 5.41) is 6.96. The van der Waals surface area contributed by atoms with Crippen molar-refractivity contribution in [3.8, 4) is 0 Å². The van der Waals surface area contributed by atoms with Crippen LogP contribution >= 0.6 is 0 Å². The van der Waals surface area contributed by atoms with Crippen LogP contribution in [0.1, 0.15) is 56.7 Å². The number of nitrogens with zero attached hydrogens (tertiary/aromatic N) is 5. The molecule has 1 fully saturated rings. The van der Waals surface area contributed by atoms with Crippen molar-refractivity contribution in [2.75, 3.05) is 11.9 Å². The number of anilines is 1. The second-order valence-corrected chi connectivity index (χ2v) is 8.75. The predicted molar refractivity (Wildman–Crippen MR) is 132 cm³/mol. The highest BCUT2D eigenvalue weighted by Gasteiger charge is 2.33. The summed E-state index contributed by atoms with van der Waals surface area (Å²) in [6, 6.07) is 14.7. The molecule has 2 amide bonds. The molecule has 0 unspecified atom stereocenters. The van der Waals surface area contributed by atoms with Crippen molar-refractivity contribution in [3.05, 3.63) is 107 Å². The summed E-state index contributed by atoms with van der Waals surface area (Å²) < 4.78 is 14.9. The molecular weight excluding hydrogens is 459 g/mol. The van der Waals surface area contributed by atoms with E-state index in [4.69, 9.17) is 0 Å². The van der Waals surface area contributed by atoms with Gasteiger partial charge in [-0.2, -0.15) is 5.10 Å². The Morgan fingerprint density at radius 3 is 2.72 bits per heavy atom. The number of halogens is 1. The Labute approximate surface area is 207 Å². The van der Waals surface area contributed by atoms with Crippen molar-refractivity contribution in [2.24, 2.45) is 0 Å². The highest BCUT2D eigenvalue weighted by Crippen LogP contribution is 2.31. The second kappa shape index (κ2) is 10.1. The lowest BCUT2D eigenvalue weighted by atomic mass is 10.1. The van der Waals surface area contributed by atoms with Crippen LogP contribution < -0.4 is 5.32 Å². The van der Waals surface area contributed by atoms with E-state index in [1.54, 1.807) is 18.0 Å². The van der Waals surface area contributed by atoms with Crippen molar-refractivity contribution in [2.45, 2.75) is 32.4 Å². The van der Waals surface area contributed by atoms with Gasteiger partial charge in [-0.3, -0.25) is 14.3 Å². The van der Waals surface area contributed by atoms with Crippen LogP contribution in [0.15, 0.2) is 73.2 Å². The molecule has 9 heteroatoms. The largest absolute Gasteiger partial charge is 0.328 e. The fourth-order valence-electron chi connectivity index (χ4n) is 4.43. The lowest BCUT2D eigenvalue weighted by molar-refractivity contribution is 0.0729. The molecule has 4 aromatic rings. The van der Waals surface area contributed by atoms with Crippen LogP contribution in [0, 0.1) is 12.7 Å². The molecule has 8 nitrogen and oxygen atoms in total. The summed E-state index contributed by atoms with van der Waals surface area (Å²) in [5.74, 6) is -0.306. The van der Waals surface area contributed by atoms with Crippen LogP contribution in [0.5, 0.6) is 0 Å². The number of hydrogen-bond acceptors (Lipinski definition) is 5. The molecule has 182 valence electrons. The quantitative estimate of drug-likeness (QED) is 0.438. The molecule has 2 aromatic carbocycles. The highest BCUT2D eigenvalue weighted by molar-refractivity contribution is 6.04. The molecular formula is C27H25FN6O2. The summed E-state index contributed by atoms with van der Waals surface area (Å²) in [6.07, 6.45) is 6.69. The first-order valence-electron chi connectivity index (χ1n) is 11.8. The second-order valence-electron chi connectivity index (χ2n) is 8.75. The Morgan fingerprint density at radius 1 is 1.14 bits per heavy atom. The third-order valence-electron chi connectivity index (χ3n) is 6.23.